The van der Waals surface area contributed by atoms with Crippen LogP contribution < -0.4 is 4.74 Å². The van der Waals surface area contributed by atoms with Gasteiger partial charge in [0.1, 0.15) is 0 Å². The highest BCUT2D eigenvalue weighted by Crippen LogP contribution is 2.33. The number of pyridine rings is 1. The Bertz CT molecular complexity index is 1180. The number of hydrogen-bond acceptors (Lipinski definition) is 5. The Morgan fingerprint density at radius 3 is 2.77 bits per heavy atom. The van der Waals surface area contributed by atoms with Gasteiger partial charge in [-0.25, -0.2) is 4.39 Å². The monoisotopic (exact) mass is 368 g/mol. The van der Waals surface area contributed by atoms with Gasteiger partial charge in [0.05, 0.1) is 18.4 Å². The molecule has 0 aliphatic rings. The average Bonchev–Trinajstić information content (AvgIpc) is 3.04. The topological polar surface area (TPSA) is 76.0 Å². The number of benzene rings is 2. The summed E-state index contributed by atoms with van der Waals surface area (Å²) in [6.45, 7) is 0. The summed E-state index contributed by atoms with van der Waals surface area (Å²) in [6, 6.07) is 14.7. The normalized spacial score (nSPS) is 11.0. The predicted molar refractivity (Wildman–Crippen MR) is 97.7 cm³/mol. The van der Waals surface area contributed by atoms with Gasteiger partial charge in [0.25, 0.3) is 5.88 Å². The molecule has 2 aromatic heterocycles. The summed E-state index contributed by atoms with van der Waals surface area (Å²) in [5, 5.41) is 18.5. The third kappa shape index (κ3) is 2.51. The zero-order chi connectivity index (χ0) is 18.3. The molecule has 2 heterocycles. The van der Waals surface area contributed by atoms with Gasteiger partial charge in [-0.3, -0.25) is 9.67 Å². The number of nitrogens with one attached hydrogen (secondary N) is 1. The predicted octanol–water partition coefficient (Wildman–Crippen LogP) is 4.00. The molecule has 0 bridgehead atoms. The Balaban J connectivity index is 2.04. The van der Waals surface area contributed by atoms with Crippen molar-refractivity contribution in [3.8, 4) is 28.8 Å². The zero-order valence-electron chi connectivity index (χ0n) is 13.6. The van der Waals surface area contributed by atoms with E-state index < -0.39 is 11.7 Å². The highest BCUT2D eigenvalue weighted by molar-refractivity contribution is 7.71. The quantitative estimate of drug-likeness (QED) is 0.535. The van der Waals surface area contributed by atoms with E-state index in [4.69, 9.17) is 17.0 Å². The van der Waals surface area contributed by atoms with Gasteiger partial charge in [-0.05, 0) is 29.7 Å². The van der Waals surface area contributed by atoms with Gasteiger partial charge in [0.2, 0.25) is 5.88 Å². The van der Waals surface area contributed by atoms with E-state index in [1.807, 2.05) is 42.5 Å². The maximum absolute atomic E-state index is 13.9. The smallest absolute Gasteiger partial charge is 0.251 e. The fourth-order valence-corrected chi connectivity index (χ4v) is 3.11. The summed E-state index contributed by atoms with van der Waals surface area (Å²) in [5.74, 6) is -1.25. The van der Waals surface area contributed by atoms with Gasteiger partial charge in [-0.15, -0.1) is 0 Å². The standard InChI is InChI=1S/C18H13FN4O2S/c1-25-17-12(9-13(19)16(24)20-17)15-21-22-18(26)23(15)14-8-4-6-10-5-2-3-7-11(10)14/h2-9H,1H3,(H,20,24)(H,22,26). The maximum atomic E-state index is 13.9. The van der Waals surface area contributed by atoms with Crippen LogP contribution in [-0.4, -0.2) is 32.0 Å². The molecule has 6 nitrogen and oxygen atoms in total. The van der Waals surface area contributed by atoms with Crippen LogP contribution in [0.3, 0.4) is 0 Å². The summed E-state index contributed by atoms with van der Waals surface area (Å²) in [7, 11) is 1.38. The molecule has 4 aromatic rings. The maximum Gasteiger partial charge on any atom is 0.251 e. The number of H-pyrrole nitrogens is 1. The van der Waals surface area contributed by atoms with Gasteiger partial charge in [-0.1, -0.05) is 36.4 Å². The van der Waals surface area contributed by atoms with Crippen LogP contribution in [0.2, 0.25) is 0 Å². The largest absolute Gasteiger partial charge is 0.491 e. The lowest BCUT2D eigenvalue weighted by atomic mass is 10.1. The third-order valence-corrected chi connectivity index (χ3v) is 4.31. The van der Waals surface area contributed by atoms with E-state index in [2.05, 4.69) is 15.2 Å². The second kappa shape index (κ2) is 6.23. The van der Waals surface area contributed by atoms with Crippen LogP contribution in [0.4, 0.5) is 4.39 Å². The Kier molecular flexibility index (Phi) is 3.89. The fourth-order valence-electron chi connectivity index (χ4n) is 2.88. The van der Waals surface area contributed by atoms with Crippen LogP contribution in [-0.2, 0) is 0 Å². The Morgan fingerprint density at radius 2 is 1.96 bits per heavy atom. The molecule has 8 heteroatoms. The molecule has 0 radical (unpaired) electrons. The number of aromatic amines is 1. The molecule has 0 amide bonds. The summed E-state index contributed by atoms with van der Waals surface area (Å²) in [6.07, 6.45) is 0. The van der Waals surface area contributed by atoms with Crippen molar-refractivity contribution >= 4 is 23.0 Å². The first kappa shape index (κ1) is 16.2. The second-order valence-electron chi connectivity index (χ2n) is 5.54. The average molecular weight is 368 g/mol. The van der Waals surface area contributed by atoms with Crippen LogP contribution in [0.5, 0.6) is 11.8 Å². The number of rotatable bonds is 3. The van der Waals surface area contributed by atoms with E-state index in [0.717, 1.165) is 22.5 Å². The molecule has 0 saturated heterocycles. The molecule has 2 N–H and O–H groups in total. The lowest BCUT2D eigenvalue weighted by Crippen LogP contribution is -2.02. The van der Waals surface area contributed by atoms with Crippen LogP contribution >= 0.6 is 12.2 Å². The number of hydrogen-bond donors (Lipinski definition) is 2. The molecule has 0 aliphatic heterocycles. The van der Waals surface area contributed by atoms with Crippen LogP contribution in [0.25, 0.3) is 27.8 Å². The number of aromatic hydroxyl groups is 1. The third-order valence-electron chi connectivity index (χ3n) is 4.04. The highest BCUT2D eigenvalue weighted by atomic mass is 32.1. The van der Waals surface area contributed by atoms with E-state index in [1.54, 1.807) is 4.57 Å². The number of ether oxygens (including phenoxy) is 1. The van der Waals surface area contributed by atoms with Gasteiger partial charge < -0.3 is 9.84 Å². The van der Waals surface area contributed by atoms with Crippen LogP contribution in [0.15, 0.2) is 48.5 Å². The SMILES string of the molecule is COc1nc(O)c(F)cc1-c1n[nH]c(=S)n1-c1cccc2ccccc12. The first-order valence-electron chi connectivity index (χ1n) is 7.69. The van der Waals surface area contributed by atoms with E-state index >= 15 is 0 Å². The minimum Gasteiger partial charge on any atom is -0.491 e. The summed E-state index contributed by atoms with van der Waals surface area (Å²) < 4.78 is 21.1. The number of nitrogens with zero attached hydrogens (tertiary/aromatic N) is 3. The van der Waals surface area contributed by atoms with Gasteiger partial charge in [0.15, 0.2) is 16.4 Å². The first-order valence-corrected chi connectivity index (χ1v) is 8.10. The molecule has 0 spiro atoms. The zero-order valence-corrected chi connectivity index (χ0v) is 14.4. The minimum absolute atomic E-state index is 0.0411. The van der Waals surface area contributed by atoms with Gasteiger partial charge >= 0.3 is 0 Å². The summed E-state index contributed by atoms with van der Waals surface area (Å²) in [4.78, 5) is 3.73. The van der Waals surface area contributed by atoms with Crippen molar-refractivity contribution in [2.45, 2.75) is 0 Å². The van der Waals surface area contributed by atoms with Crippen LogP contribution in [0.1, 0.15) is 0 Å². The first-order chi connectivity index (χ1) is 12.6. The number of aromatic nitrogens is 4. The van der Waals surface area contributed by atoms with E-state index in [0.29, 0.717) is 10.6 Å². The lowest BCUT2D eigenvalue weighted by Gasteiger charge is -2.12. The molecule has 0 unspecified atom stereocenters. The van der Waals surface area contributed by atoms with E-state index in [1.165, 1.54) is 7.11 Å². The molecule has 0 aliphatic carbocycles. The fraction of sp³-hybridized carbons (Fsp3) is 0.0556. The number of fused-ring (bicyclic) bond motifs is 1. The highest BCUT2D eigenvalue weighted by Gasteiger charge is 2.20. The summed E-state index contributed by atoms with van der Waals surface area (Å²) >= 11 is 5.40. The molecular formula is C18H13FN4O2S. The number of methoxy groups -OCH3 is 1. The molecule has 0 fully saturated rings. The van der Waals surface area contributed by atoms with Crippen LogP contribution in [0, 0.1) is 10.6 Å². The molecule has 0 saturated carbocycles. The van der Waals surface area contributed by atoms with E-state index in [-0.39, 0.29) is 11.4 Å². The van der Waals surface area contributed by atoms with Crippen molar-refractivity contribution in [2.24, 2.45) is 0 Å². The number of halogens is 1. The molecule has 4 rings (SSSR count). The van der Waals surface area contributed by atoms with Crippen molar-refractivity contribution in [3.63, 3.8) is 0 Å². The molecule has 130 valence electrons. The Hall–Kier alpha value is -3.26. The summed E-state index contributed by atoms with van der Waals surface area (Å²) in [5.41, 5.74) is 1.05. The van der Waals surface area contributed by atoms with Crippen molar-refractivity contribution in [2.75, 3.05) is 7.11 Å². The van der Waals surface area contributed by atoms with E-state index in [9.17, 15) is 9.50 Å². The van der Waals surface area contributed by atoms with Crippen molar-refractivity contribution < 1.29 is 14.2 Å². The van der Waals surface area contributed by atoms with Crippen molar-refractivity contribution in [1.29, 1.82) is 0 Å². The van der Waals surface area contributed by atoms with Crippen molar-refractivity contribution in [1.82, 2.24) is 19.7 Å². The van der Waals surface area contributed by atoms with Gasteiger partial charge in [0, 0.05) is 5.39 Å². The molecule has 26 heavy (non-hydrogen) atoms. The van der Waals surface area contributed by atoms with Crippen molar-refractivity contribution in [3.05, 3.63) is 59.1 Å². The lowest BCUT2D eigenvalue weighted by molar-refractivity contribution is 0.366. The second-order valence-corrected chi connectivity index (χ2v) is 5.92. The minimum atomic E-state index is -0.876. The van der Waals surface area contributed by atoms with Gasteiger partial charge in [-0.2, -0.15) is 10.1 Å². The Morgan fingerprint density at radius 1 is 1.19 bits per heavy atom. The molecular weight excluding hydrogens is 355 g/mol. The molecule has 0 atom stereocenters. The molecule has 2 aromatic carbocycles. The Labute approximate surface area is 152 Å².